The summed E-state index contributed by atoms with van der Waals surface area (Å²) in [5, 5.41) is 29.3. The molecule has 0 unspecified atom stereocenters. The summed E-state index contributed by atoms with van der Waals surface area (Å²) in [4.78, 5) is 72.6. The van der Waals surface area contributed by atoms with E-state index >= 15 is 0 Å². The molecular weight excluding hydrogens is 925 g/mol. The summed E-state index contributed by atoms with van der Waals surface area (Å²) in [5.41, 5.74) is 6.25. The minimum atomic E-state index is -0.480. The van der Waals surface area contributed by atoms with Crippen molar-refractivity contribution in [1.29, 1.82) is 0 Å². The van der Waals surface area contributed by atoms with E-state index in [0.717, 1.165) is 16.7 Å². The Morgan fingerprint density at radius 3 is 0.753 bits per heavy atom. The Morgan fingerprint density at radius 2 is 0.562 bits per heavy atom. The number of amides is 12. The molecule has 0 atom stereocenters. The number of carbonyl (C=O) groups is 6. The van der Waals surface area contributed by atoms with E-state index in [1.54, 1.807) is 43.3 Å². The molecule has 73 heavy (non-hydrogen) atoms. The highest BCUT2D eigenvalue weighted by molar-refractivity contribution is 6.01. The molecule has 0 heterocycles. The molecule has 0 bridgehead atoms. The fourth-order valence-corrected chi connectivity index (χ4v) is 4.51. The quantitative estimate of drug-likeness (QED) is 0.0833. The predicted octanol–water partition coefficient (Wildman–Crippen LogP) is 16.8. The maximum absolute atomic E-state index is 11.5. The van der Waals surface area contributed by atoms with Crippen LogP contribution in [0.1, 0.15) is 174 Å². The summed E-state index contributed by atoms with van der Waals surface area (Å²) in [6, 6.07) is 14.2. The smallest absolute Gasteiger partial charge is 0.338 e. The van der Waals surface area contributed by atoms with Gasteiger partial charge < -0.3 is 58.5 Å². The topological polar surface area (TPSA) is 247 Å². The van der Waals surface area contributed by atoms with E-state index in [1.165, 1.54) is 6.21 Å². The Balaban J connectivity index is -0.0000000606. The van der Waals surface area contributed by atoms with Crippen molar-refractivity contribution >= 4 is 76.5 Å². The number of nitrogens with one attached hydrogen (secondary N) is 11. The van der Waals surface area contributed by atoms with Crippen molar-refractivity contribution < 1.29 is 30.2 Å². The van der Waals surface area contributed by atoms with Gasteiger partial charge in [0.15, 0.2) is 0 Å². The zero-order chi connectivity index (χ0) is 50.8. The molecular formula is C55H116N12O6. The van der Waals surface area contributed by atoms with Crippen molar-refractivity contribution in [3.63, 3.8) is 0 Å². The SMILES string of the molecule is C.C.C.C.C.C.C.C.CC.CC.CC.CC.CC=NC(=O)Nc1cc(C)ccc1NC(=O)NCC.CCNC(=O)Nc1ccc(C)cc1NC(=O)NCC.CCNC(=O)Nc1ccc(C)cc1NC(=O)NCC.[2HH]. The highest BCUT2D eigenvalue weighted by Crippen LogP contribution is 2.25. The van der Waals surface area contributed by atoms with Crippen LogP contribution in [0, 0.1) is 20.8 Å². The van der Waals surface area contributed by atoms with Crippen LogP contribution in [0.2, 0.25) is 0 Å². The van der Waals surface area contributed by atoms with Gasteiger partial charge in [-0.3, -0.25) is 0 Å². The van der Waals surface area contributed by atoms with Gasteiger partial charge >= 0.3 is 36.2 Å². The van der Waals surface area contributed by atoms with Crippen molar-refractivity contribution in [3.8, 4) is 0 Å². The van der Waals surface area contributed by atoms with Gasteiger partial charge in [0.25, 0.3) is 0 Å². The molecule has 0 radical (unpaired) electrons. The van der Waals surface area contributed by atoms with Gasteiger partial charge in [-0.1, -0.05) is 133 Å². The van der Waals surface area contributed by atoms with Gasteiger partial charge in [0.1, 0.15) is 0 Å². The lowest BCUT2D eigenvalue weighted by atomic mass is 10.2. The number of aryl methyl sites for hydroxylation is 3. The summed E-state index contributed by atoms with van der Waals surface area (Å²) < 4.78 is 0. The van der Waals surface area contributed by atoms with Crippen LogP contribution in [0.3, 0.4) is 0 Å². The zero-order valence-corrected chi connectivity index (χ0v) is 42.2. The third kappa shape index (κ3) is 47.3. The van der Waals surface area contributed by atoms with E-state index in [4.69, 9.17) is 0 Å². The Kier molecular flexibility index (Phi) is 82.9. The van der Waals surface area contributed by atoms with Gasteiger partial charge in [-0.15, -0.1) is 0 Å². The van der Waals surface area contributed by atoms with Gasteiger partial charge in [0.05, 0.1) is 34.1 Å². The predicted molar refractivity (Wildman–Crippen MR) is 332 cm³/mol. The van der Waals surface area contributed by atoms with Crippen LogP contribution < -0.4 is 58.5 Å². The molecule has 12 amide bonds. The van der Waals surface area contributed by atoms with Gasteiger partial charge in [-0.05, 0) is 115 Å². The molecule has 0 saturated carbocycles. The molecule has 0 spiro atoms. The third-order valence-electron chi connectivity index (χ3n) is 6.94. The number of hydrogen-bond donors (Lipinski definition) is 11. The van der Waals surface area contributed by atoms with Crippen LogP contribution in [-0.4, -0.2) is 75.1 Å². The number of benzene rings is 3. The fraction of sp³-hybridized carbons (Fsp3) is 0.545. The Hall–Kier alpha value is -6.85. The monoisotopic (exact) mass is 1040 g/mol. The Bertz CT molecular complexity index is 1760. The number of hydrogen-bond acceptors (Lipinski definition) is 6. The highest BCUT2D eigenvalue weighted by Gasteiger charge is 2.11. The zero-order valence-electron chi connectivity index (χ0n) is 42.2. The lowest BCUT2D eigenvalue weighted by Gasteiger charge is -2.13. The van der Waals surface area contributed by atoms with Crippen molar-refractivity contribution in [2.24, 2.45) is 4.99 Å². The third-order valence-corrected chi connectivity index (χ3v) is 6.94. The highest BCUT2D eigenvalue weighted by atomic mass is 16.2. The van der Waals surface area contributed by atoms with E-state index < -0.39 is 6.03 Å². The molecule has 0 aromatic heterocycles. The van der Waals surface area contributed by atoms with Crippen LogP contribution in [0.4, 0.5) is 62.9 Å². The number of rotatable bonds is 11. The Labute approximate surface area is 450 Å². The first-order valence-electron chi connectivity index (χ1n) is 22.6. The molecule has 3 aromatic rings. The van der Waals surface area contributed by atoms with E-state index in [1.807, 2.05) is 129 Å². The lowest BCUT2D eigenvalue weighted by Crippen LogP contribution is -2.31. The fourth-order valence-electron chi connectivity index (χ4n) is 4.51. The number of nitrogens with zero attached hydrogens (tertiary/aromatic N) is 1. The van der Waals surface area contributed by atoms with Crippen LogP contribution in [-0.2, 0) is 0 Å². The molecule has 432 valence electrons. The lowest BCUT2D eigenvalue weighted by molar-refractivity contribution is 0.251. The largest absolute Gasteiger partial charge is 0.345 e. The molecule has 0 aliphatic carbocycles. The minimum Gasteiger partial charge on any atom is -0.338 e. The molecule has 3 aromatic carbocycles. The Morgan fingerprint density at radius 1 is 0.370 bits per heavy atom. The summed E-state index contributed by atoms with van der Waals surface area (Å²) in [6.07, 6.45) is 1.40. The summed E-state index contributed by atoms with van der Waals surface area (Å²) in [6.45, 7) is 35.2. The second kappa shape index (κ2) is 63.2. The van der Waals surface area contributed by atoms with E-state index in [0.29, 0.717) is 66.8 Å². The molecule has 11 N–H and O–H groups in total. The van der Waals surface area contributed by atoms with E-state index in [9.17, 15) is 28.8 Å². The van der Waals surface area contributed by atoms with E-state index in [2.05, 4.69) is 63.5 Å². The van der Waals surface area contributed by atoms with Crippen LogP contribution in [0.15, 0.2) is 59.6 Å². The first kappa shape index (κ1) is 95.8. The van der Waals surface area contributed by atoms with Crippen LogP contribution in [0.25, 0.3) is 0 Å². The summed E-state index contributed by atoms with van der Waals surface area (Å²) in [7, 11) is 0. The maximum Gasteiger partial charge on any atom is 0.345 e. The minimum absolute atomic E-state index is 0. The first-order valence-corrected chi connectivity index (χ1v) is 22.6. The molecule has 3 rings (SSSR count). The molecule has 0 saturated heterocycles. The second-order valence-electron chi connectivity index (χ2n) is 11.9. The van der Waals surface area contributed by atoms with Crippen molar-refractivity contribution in [1.82, 2.24) is 26.6 Å². The van der Waals surface area contributed by atoms with Crippen molar-refractivity contribution in [2.75, 3.05) is 64.6 Å². The standard InChI is InChI=1S/2C13H20N4O2.C13H18N4O2.4C2H6.8CH4.H2/c3*1-4-14-12(18)16-10-7-6-9(3)8-11(10)17-13(19)15-5-2;4*1-2;;;;;;;;;/h2*6-8H,4-5H2,1-3H3,(H2,14,16,18)(H2,15,17,19);5-8H,4H2,1-3H3,(H,17,19)(H2,14,16,18);4*1-2H3;8*1H4;1H/i;;;;;;;;;;;;;;;1+1. The van der Waals surface area contributed by atoms with Crippen molar-refractivity contribution in [3.05, 3.63) is 71.3 Å². The average molecular weight is 1040 g/mol. The number of carbonyl (C=O) groups excluding carboxylic acids is 6. The van der Waals surface area contributed by atoms with E-state index in [-0.39, 0.29) is 91.0 Å². The van der Waals surface area contributed by atoms with Crippen molar-refractivity contribution in [2.45, 2.75) is 177 Å². The normalized spacial score (nSPS) is 8.01. The van der Waals surface area contributed by atoms with Crippen LogP contribution in [0.5, 0.6) is 0 Å². The molecule has 0 aliphatic heterocycles. The first-order chi connectivity index (χ1) is 31.2. The number of anilines is 6. The van der Waals surface area contributed by atoms with Gasteiger partial charge in [-0.25, -0.2) is 33.8 Å². The summed E-state index contributed by atoms with van der Waals surface area (Å²) in [5.74, 6) is 0. The molecule has 18 heteroatoms. The number of urea groups is 6. The molecule has 0 aliphatic rings. The van der Waals surface area contributed by atoms with Crippen LogP contribution >= 0.6 is 0 Å². The summed E-state index contributed by atoms with van der Waals surface area (Å²) >= 11 is 0. The molecule has 18 nitrogen and oxygen atoms in total. The van der Waals surface area contributed by atoms with Gasteiger partial charge in [0.2, 0.25) is 0 Å². The molecule has 0 fully saturated rings. The number of aliphatic imine (C=N–C) groups is 1. The van der Waals surface area contributed by atoms with Gasteiger partial charge in [-0.2, -0.15) is 0 Å². The van der Waals surface area contributed by atoms with Gasteiger partial charge in [0, 0.05) is 40.4 Å². The average Bonchev–Trinajstić information content (AvgIpc) is 3.27. The maximum atomic E-state index is 11.5. The second-order valence-corrected chi connectivity index (χ2v) is 11.9.